The summed E-state index contributed by atoms with van der Waals surface area (Å²) in [6, 6.07) is 8.97. The molecule has 0 amide bonds. The van der Waals surface area contributed by atoms with Crippen LogP contribution in [0.25, 0.3) is 0 Å². The molecule has 1 aromatic rings. The number of hydrogen-bond donors (Lipinski definition) is 1. The maximum atomic E-state index is 11.1. The van der Waals surface area contributed by atoms with Gasteiger partial charge in [-0.25, -0.2) is 0 Å². The second-order valence-corrected chi connectivity index (χ2v) is 7.51. The van der Waals surface area contributed by atoms with E-state index < -0.39 is 5.97 Å². The van der Waals surface area contributed by atoms with Gasteiger partial charge in [-0.2, -0.15) is 0 Å². The van der Waals surface area contributed by atoms with Crippen molar-refractivity contribution >= 4 is 5.97 Å². The molecule has 0 bridgehead atoms. The van der Waals surface area contributed by atoms with Crippen LogP contribution in [0, 0.1) is 5.92 Å². The number of aliphatic carboxylic acids is 1. The van der Waals surface area contributed by atoms with Crippen LogP contribution in [0.2, 0.25) is 0 Å². The standard InChI is InChI=1S/C22H34O2/c1-2-3-4-5-6-7-8-9-10-18-11-13-19(14-12-18)20-15-16-21(17-20)22(23)24/h11-14,20-21H,2-10,15-17H2,1H3,(H,23,24)/t20-,21-/m0/s1. The molecule has 2 atom stereocenters. The van der Waals surface area contributed by atoms with Crippen molar-refractivity contribution in [3.05, 3.63) is 35.4 Å². The molecule has 1 fully saturated rings. The molecule has 0 unspecified atom stereocenters. The summed E-state index contributed by atoms with van der Waals surface area (Å²) in [5.41, 5.74) is 2.76. The highest BCUT2D eigenvalue weighted by Crippen LogP contribution is 2.38. The summed E-state index contributed by atoms with van der Waals surface area (Å²) in [6.07, 6.45) is 14.8. The lowest BCUT2D eigenvalue weighted by molar-refractivity contribution is -0.141. The Bertz CT molecular complexity index is 477. The summed E-state index contributed by atoms with van der Waals surface area (Å²) in [7, 11) is 0. The van der Waals surface area contributed by atoms with Crippen LogP contribution in [-0.4, -0.2) is 11.1 Å². The van der Waals surface area contributed by atoms with Crippen LogP contribution in [0.3, 0.4) is 0 Å². The van der Waals surface area contributed by atoms with Crippen LogP contribution < -0.4 is 0 Å². The van der Waals surface area contributed by atoms with Crippen LogP contribution in [0.15, 0.2) is 24.3 Å². The van der Waals surface area contributed by atoms with E-state index in [1.807, 2.05) is 0 Å². The first-order valence-corrected chi connectivity index (χ1v) is 10.0. The van der Waals surface area contributed by atoms with Gasteiger partial charge in [0.1, 0.15) is 0 Å². The van der Waals surface area contributed by atoms with Crippen LogP contribution in [-0.2, 0) is 11.2 Å². The summed E-state index contributed by atoms with van der Waals surface area (Å²) in [4.78, 5) is 11.1. The molecule has 134 valence electrons. The van der Waals surface area contributed by atoms with E-state index in [-0.39, 0.29) is 5.92 Å². The molecular weight excluding hydrogens is 296 g/mol. The molecule has 2 rings (SSSR count). The zero-order valence-electron chi connectivity index (χ0n) is 15.3. The van der Waals surface area contributed by atoms with Crippen molar-refractivity contribution < 1.29 is 9.90 Å². The summed E-state index contributed by atoms with van der Waals surface area (Å²) < 4.78 is 0. The number of unbranched alkanes of at least 4 members (excludes halogenated alkanes) is 7. The molecule has 0 heterocycles. The fourth-order valence-corrected chi connectivity index (χ4v) is 3.93. The van der Waals surface area contributed by atoms with Crippen molar-refractivity contribution in [2.75, 3.05) is 0 Å². The lowest BCUT2D eigenvalue weighted by atomic mass is 9.94. The maximum absolute atomic E-state index is 11.1. The first kappa shape index (κ1) is 19.0. The Morgan fingerprint density at radius 3 is 2.17 bits per heavy atom. The monoisotopic (exact) mass is 330 g/mol. The second-order valence-electron chi connectivity index (χ2n) is 7.51. The summed E-state index contributed by atoms with van der Waals surface area (Å²) in [6.45, 7) is 2.27. The first-order chi connectivity index (χ1) is 11.7. The zero-order chi connectivity index (χ0) is 17.2. The molecule has 0 spiro atoms. The Kier molecular flexibility index (Phi) is 8.35. The van der Waals surface area contributed by atoms with Gasteiger partial charge in [-0.05, 0) is 49.1 Å². The average molecular weight is 331 g/mol. The van der Waals surface area contributed by atoms with Crippen LogP contribution in [0.4, 0.5) is 0 Å². The predicted molar refractivity (Wildman–Crippen MR) is 100 cm³/mol. The van der Waals surface area contributed by atoms with Crippen LogP contribution >= 0.6 is 0 Å². The lowest BCUT2D eigenvalue weighted by Crippen LogP contribution is -2.09. The number of aryl methyl sites for hydroxylation is 1. The minimum Gasteiger partial charge on any atom is -0.481 e. The second kappa shape index (κ2) is 10.5. The molecular formula is C22H34O2. The van der Waals surface area contributed by atoms with Crippen molar-refractivity contribution in [3.63, 3.8) is 0 Å². The maximum Gasteiger partial charge on any atom is 0.306 e. The number of hydrogen-bond acceptors (Lipinski definition) is 1. The lowest BCUT2D eigenvalue weighted by Gasteiger charge is -2.11. The quantitative estimate of drug-likeness (QED) is 0.481. The smallest absolute Gasteiger partial charge is 0.306 e. The molecule has 2 nitrogen and oxygen atoms in total. The highest BCUT2D eigenvalue weighted by atomic mass is 16.4. The van der Waals surface area contributed by atoms with Gasteiger partial charge in [0.25, 0.3) is 0 Å². The largest absolute Gasteiger partial charge is 0.481 e. The molecule has 1 aliphatic rings. The van der Waals surface area contributed by atoms with Gasteiger partial charge in [0, 0.05) is 0 Å². The number of carboxylic acid groups (broad SMARTS) is 1. The van der Waals surface area contributed by atoms with Crippen molar-refractivity contribution in [3.8, 4) is 0 Å². The normalized spacial score (nSPS) is 20.4. The zero-order valence-corrected chi connectivity index (χ0v) is 15.3. The molecule has 0 saturated heterocycles. The third kappa shape index (κ3) is 6.30. The topological polar surface area (TPSA) is 37.3 Å². The fourth-order valence-electron chi connectivity index (χ4n) is 3.93. The van der Waals surface area contributed by atoms with E-state index in [9.17, 15) is 4.79 Å². The van der Waals surface area contributed by atoms with Crippen LogP contribution in [0.1, 0.15) is 94.6 Å². The van der Waals surface area contributed by atoms with E-state index in [1.54, 1.807) is 0 Å². The molecule has 0 aliphatic heterocycles. The van der Waals surface area contributed by atoms with E-state index in [0.717, 1.165) is 19.3 Å². The number of benzene rings is 1. The van der Waals surface area contributed by atoms with Gasteiger partial charge < -0.3 is 5.11 Å². The molecule has 24 heavy (non-hydrogen) atoms. The van der Waals surface area contributed by atoms with Gasteiger partial charge in [-0.3, -0.25) is 4.79 Å². The van der Waals surface area contributed by atoms with Gasteiger partial charge in [0.2, 0.25) is 0 Å². The minimum absolute atomic E-state index is 0.132. The summed E-state index contributed by atoms with van der Waals surface area (Å²) >= 11 is 0. The minimum atomic E-state index is -0.621. The fraction of sp³-hybridized carbons (Fsp3) is 0.682. The van der Waals surface area contributed by atoms with Gasteiger partial charge in [-0.1, -0.05) is 76.1 Å². The summed E-state index contributed by atoms with van der Waals surface area (Å²) in [5, 5.41) is 9.12. The van der Waals surface area contributed by atoms with Gasteiger partial charge >= 0.3 is 5.97 Å². The van der Waals surface area contributed by atoms with Crippen molar-refractivity contribution in [2.24, 2.45) is 5.92 Å². The van der Waals surface area contributed by atoms with E-state index in [4.69, 9.17) is 5.11 Å². The molecule has 0 radical (unpaired) electrons. The number of carboxylic acids is 1. The van der Waals surface area contributed by atoms with Gasteiger partial charge in [-0.15, -0.1) is 0 Å². The first-order valence-electron chi connectivity index (χ1n) is 10.0. The van der Waals surface area contributed by atoms with Crippen molar-refractivity contribution in [1.82, 2.24) is 0 Å². The SMILES string of the molecule is CCCCCCCCCCc1ccc([C@H]2CC[C@H](C(=O)O)C2)cc1. The van der Waals surface area contributed by atoms with E-state index in [0.29, 0.717) is 5.92 Å². The molecule has 1 aromatic carbocycles. The Morgan fingerprint density at radius 2 is 1.58 bits per heavy atom. The third-order valence-corrected chi connectivity index (χ3v) is 5.55. The Balaban J connectivity index is 1.63. The molecule has 0 aromatic heterocycles. The van der Waals surface area contributed by atoms with E-state index in [2.05, 4.69) is 31.2 Å². The molecule has 2 heteroatoms. The van der Waals surface area contributed by atoms with Gasteiger partial charge in [0.05, 0.1) is 5.92 Å². The molecule has 1 aliphatic carbocycles. The highest BCUT2D eigenvalue weighted by molar-refractivity contribution is 5.70. The molecule has 1 N–H and O–H groups in total. The predicted octanol–water partition coefficient (Wildman–Crippen LogP) is 6.34. The Morgan fingerprint density at radius 1 is 0.958 bits per heavy atom. The van der Waals surface area contributed by atoms with E-state index >= 15 is 0 Å². The Hall–Kier alpha value is -1.31. The third-order valence-electron chi connectivity index (χ3n) is 5.55. The van der Waals surface area contributed by atoms with Crippen molar-refractivity contribution in [1.29, 1.82) is 0 Å². The van der Waals surface area contributed by atoms with Crippen molar-refractivity contribution in [2.45, 2.75) is 89.9 Å². The Labute approximate surface area is 147 Å². The number of rotatable bonds is 11. The van der Waals surface area contributed by atoms with Gasteiger partial charge in [0.15, 0.2) is 0 Å². The van der Waals surface area contributed by atoms with E-state index in [1.165, 1.54) is 68.9 Å². The molecule has 1 saturated carbocycles. The van der Waals surface area contributed by atoms with Crippen LogP contribution in [0.5, 0.6) is 0 Å². The number of carbonyl (C=O) groups is 1. The summed E-state index contributed by atoms with van der Waals surface area (Å²) in [5.74, 6) is -0.306. The average Bonchev–Trinajstić information content (AvgIpc) is 3.08. The highest BCUT2D eigenvalue weighted by Gasteiger charge is 2.30.